The Balaban J connectivity index is 0.00000400. The summed E-state index contributed by atoms with van der Waals surface area (Å²) in [6, 6.07) is 9.82. The molecule has 6 heteroatoms. The second-order valence-electron chi connectivity index (χ2n) is 4.48. The van der Waals surface area contributed by atoms with Gasteiger partial charge in [0.2, 0.25) is 0 Å². The number of hydrogen-bond acceptors (Lipinski definition) is 2. The van der Waals surface area contributed by atoms with Crippen LogP contribution in [0.3, 0.4) is 0 Å². The number of benzene rings is 1. The van der Waals surface area contributed by atoms with E-state index in [4.69, 9.17) is 0 Å². The van der Waals surface area contributed by atoms with Gasteiger partial charge in [0.05, 0.1) is 19.8 Å². The van der Waals surface area contributed by atoms with Gasteiger partial charge < -0.3 is 15.7 Å². The minimum atomic E-state index is -0.338. The van der Waals surface area contributed by atoms with Gasteiger partial charge in [-0.05, 0) is 18.9 Å². The molecule has 1 aromatic rings. The Labute approximate surface area is 143 Å². The van der Waals surface area contributed by atoms with Crippen LogP contribution in [0.25, 0.3) is 0 Å². The van der Waals surface area contributed by atoms with E-state index in [0.717, 1.165) is 12.1 Å². The molecule has 1 unspecified atom stereocenters. The molecule has 0 heterocycles. The molecular formula is C15H25FIN3O. The number of aliphatic hydroxyl groups is 1. The van der Waals surface area contributed by atoms with E-state index in [-0.39, 0.29) is 43.2 Å². The van der Waals surface area contributed by atoms with Crippen LogP contribution in [0, 0.1) is 0 Å². The van der Waals surface area contributed by atoms with Crippen molar-refractivity contribution in [1.29, 1.82) is 0 Å². The van der Waals surface area contributed by atoms with Crippen LogP contribution in [0.2, 0.25) is 0 Å². The zero-order valence-electron chi connectivity index (χ0n) is 12.4. The van der Waals surface area contributed by atoms with Crippen LogP contribution in [0.1, 0.15) is 24.8 Å². The number of alkyl halides is 1. The van der Waals surface area contributed by atoms with E-state index in [1.807, 2.05) is 37.3 Å². The SMILES string of the molecule is CCNC(=NCC(CO)c1ccccc1)NCCCF.I. The molecule has 0 aliphatic carbocycles. The molecule has 0 radical (unpaired) electrons. The summed E-state index contributed by atoms with van der Waals surface area (Å²) in [5, 5.41) is 15.7. The van der Waals surface area contributed by atoms with Crippen LogP contribution in [-0.4, -0.2) is 44.0 Å². The van der Waals surface area contributed by atoms with Crippen LogP contribution in [-0.2, 0) is 0 Å². The molecule has 0 spiro atoms. The molecule has 21 heavy (non-hydrogen) atoms. The van der Waals surface area contributed by atoms with Crippen molar-refractivity contribution in [1.82, 2.24) is 10.6 Å². The van der Waals surface area contributed by atoms with Crippen LogP contribution in [0.15, 0.2) is 35.3 Å². The highest BCUT2D eigenvalue weighted by Crippen LogP contribution is 2.14. The van der Waals surface area contributed by atoms with Crippen molar-refractivity contribution in [2.45, 2.75) is 19.3 Å². The first-order chi connectivity index (χ1) is 9.81. The molecule has 1 atom stereocenters. The van der Waals surface area contributed by atoms with E-state index in [0.29, 0.717) is 25.5 Å². The maximum Gasteiger partial charge on any atom is 0.191 e. The molecule has 0 amide bonds. The van der Waals surface area contributed by atoms with Crippen molar-refractivity contribution in [2.24, 2.45) is 4.99 Å². The van der Waals surface area contributed by atoms with Gasteiger partial charge in [0.25, 0.3) is 0 Å². The van der Waals surface area contributed by atoms with Gasteiger partial charge >= 0.3 is 0 Å². The van der Waals surface area contributed by atoms with Crippen LogP contribution >= 0.6 is 24.0 Å². The topological polar surface area (TPSA) is 56.7 Å². The lowest BCUT2D eigenvalue weighted by atomic mass is 10.0. The second-order valence-corrected chi connectivity index (χ2v) is 4.48. The van der Waals surface area contributed by atoms with Crippen LogP contribution < -0.4 is 10.6 Å². The normalized spacial score (nSPS) is 12.4. The highest BCUT2D eigenvalue weighted by Gasteiger charge is 2.09. The van der Waals surface area contributed by atoms with Gasteiger partial charge in [0, 0.05) is 19.0 Å². The Bertz CT molecular complexity index is 390. The molecule has 0 aromatic heterocycles. The van der Waals surface area contributed by atoms with Crippen molar-refractivity contribution >= 4 is 29.9 Å². The third-order valence-electron chi connectivity index (χ3n) is 2.91. The first kappa shape index (κ1) is 20.1. The van der Waals surface area contributed by atoms with E-state index in [2.05, 4.69) is 15.6 Å². The fourth-order valence-electron chi connectivity index (χ4n) is 1.81. The maximum absolute atomic E-state index is 12.1. The fraction of sp³-hybridized carbons (Fsp3) is 0.533. The quantitative estimate of drug-likeness (QED) is 0.267. The summed E-state index contributed by atoms with van der Waals surface area (Å²) in [5.41, 5.74) is 1.07. The number of nitrogens with one attached hydrogen (secondary N) is 2. The van der Waals surface area contributed by atoms with Crippen molar-refractivity contribution in [3.8, 4) is 0 Å². The van der Waals surface area contributed by atoms with E-state index in [9.17, 15) is 9.50 Å². The van der Waals surface area contributed by atoms with E-state index < -0.39 is 0 Å². The van der Waals surface area contributed by atoms with Gasteiger partial charge in [-0.15, -0.1) is 24.0 Å². The summed E-state index contributed by atoms with van der Waals surface area (Å²) in [6.07, 6.45) is 0.465. The van der Waals surface area contributed by atoms with Crippen LogP contribution in [0.4, 0.5) is 4.39 Å². The Hall–Kier alpha value is -0.890. The molecule has 0 fully saturated rings. The average Bonchev–Trinajstić information content (AvgIpc) is 2.49. The molecule has 1 aromatic carbocycles. The third-order valence-corrected chi connectivity index (χ3v) is 2.91. The van der Waals surface area contributed by atoms with Gasteiger partial charge in [-0.3, -0.25) is 9.38 Å². The number of guanidine groups is 1. The summed E-state index contributed by atoms with van der Waals surface area (Å²) in [6.45, 7) is 3.49. The first-order valence-corrected chi connectivity index (χ1v) is 7.05. The number of aliphatic imine (C=N–C) groups is 1. The molecule has 0 saturated heterocycles. The van der Waals surface area contributed by atoms with Crippen molar-refractivity contribution in [3.05, 3.63) is 35.9 Å². The van der Waals surface area contributed by atoms with E-state index >= 15 is 0 Å². The lowest BCUT2D eigenvalue weighted by Gasteiger charge is -2.15. The molecule has 4 nitrogen and oxygen atoms in total. The Kier molecular flexibility index (Phi) is 12.3. The predicted molar refractivity (Wildman–Crippen MR) is 96.3 cm³/mol. The molecule has 120 valence electrons. The zero-order valence-corrected chi connectivity index (χ0v) is 14.7. The van der Waals surface area contributed by atoms with Gasteiger partial charge in [0.15, 0.2) is 5.96 Å². The molecule has 0 aliphatic rings. The molecule has 0 saturated carbocycles. The average molecular weight is 409 g/mol. The number of rotatable bonds is 8. The summed E-state index contributed by atoms with van der Waals surface area (Å²) in [4.78, 5) is 4.44. The van der Waals surface area contributed by atoms with Gasteiger partial charge in [-0.25, -0.2) is 0 Å². The minimum Gasteiger partial charge on any atom is -0.396 e. The second kappa shape index (κ2) is 12.8. The van der Waals surface area contributed by atoms with Crippen molar-refractivity contribution < 1.29 is 9.50 Å². The smallest absolute Gasteiger partial charge is 0.191 e. The van der Waals surface area contributed by atoms with Gasteiger partial charge in [0.1, 0.15) is 0 Å². The Morgan fingerprint density at radius 3 is 2.57 bits per heavy atom. The van der Waals surface area contributed by atoms with Gasteiger partial charge in [-0.1, -0.05) is 30.3 Å². The molecule has 0 aliphatic heterocycles. The lowest BCUT2D eigenvalue weighted by molar-refractivity contribution is 0.268. The number of halogens is 2. The number of aliphatic hydroxyl groups excluding tert-OH is 1. The van der Waals surface area contributed by atoms with Gasteiger partial charge in [-0.2, -0.15) is 0 Å². The zero-order chi connectivity index (χ0) is 14.6. The number of hydrogen-bond donors (Lipinski definition) is 3. The molecule has 0 bridgehead atoms. The molecule has 3 N–H and O–H groups in total. The summed E-state index contributed by atoms with van der Waals surface area (Å²) < 4.78 is 12.1. The predicted octanol–water partition coefficient (Wildman–Crippen LogP) is 2.30. The molecule has 1 rings (SSSR count). The van der Waals surface area contributed by atoms with Crippen molar-refractivity contribution in [3.63, 3.8) is 0 Å². The van der Waals surface area contributed by atoms with Crippen LogP contribution in [0.5, 0.6) is 0 Å². The monoisotopic (exact) mass is 409 g/mol. The van der Waals surface area contributed by atoms with E-state index in [1.165, 1.54) is 0 Å². The first-order valence-electron chi connectivity index (χ1n) is 7.05. The van der Waals surface area contributed by atoms with E-state index in [1.54, 1.807) is 0 Å². The largest absolute Gasteiger partial charge is 0.396 e. The third kappa shape index (κ3) is 8.21. The maximum atomic E-state index is 12.1. The fourth-order valence-corrected chi connectivity index (χ4v) is 1.81. The summed E-state index contributed by atoms with van der Waals surface area (Å²) in [5.74, 6) is 0.642. The number of nitrogens with zero attached hydrogens (tertiary/aromatic N) is 1. The lowest BCUT2D eigenvalue weighted by Crippen LogP contribution is -2.38. The summed E-state index contributed by atoms with van der Waals surface area (Å²) >= 11 is 0. The van der Waals surface area contributed by atoms with Crippen molar-refractivity contribution in [2.75, 3.05) is 32.9 Å². The summed E-state index contributed by atoms with van der Waals surface area (Å²) in [7, 11) is 0. The standard InChI is InChI=1S/C15H24FN3O.HI/c1-2-17-15(18-10-6-9-16)19-11-14(12-20)13-7-4-3-5-8-13;/h3-5,7-8,14,20H,2,6,9-12H2,1H3,(H2,17,18,19);1H. The highest BCUT2D eigenvalue weighted by atomic mass is 127. The minimum absolute atomic E-state index is 0. The molecular weight excluding hydrogens is 384 g/mol. The Morgan fingerprint density at radius 2 is 2.00 bits per heavy atom. The highest BCUT2D eigenvalue weighted by molar-refractivity contribution is 14.0. The Morgan fingerprint density at radius 1 is 1.29 bits per heavy atom.